The molecule has 0 aliphatic heterocycles. The molecular formula is C18H21FN2O4. The quantitative estimate of drug-likeness (QED) is 0.724. The van der Waals surface area contributed by atoms with E-state index in [-0.39, 0.29) is 18.7 Å². The van der Waals surface area contributed by atoms with Crippen LogP contribution in [0.2, 0.25) is 0 Å². The van der Waals surface area contributed by atoms with E-state index in [1.807, 2.05) is 0 Å². The summed E-state index contributed by atoms with van der Waals surface area (Å²) in [6, 6.07) is 5.90. The van der Waals surface area contributed by atoms with Gasteiger partial charge < -0.3 is 20.2 Å². The number of anilines is 1. The maximum atomic E-state index is 13.4. The molecule has 0 radical (unpaired) electrons. The molecule has 134 valence electrons. The monoisotopic (exact) mass is 348 g/mol. The molecule has 7 heteroatoms. The summed E-state index contributed by atoms with van der Waals surface area (Å²) >= 11 is 0. The molecule has 0 saturated heterocycles. The van der Waals surface area contributed by atoms with E-state index in [1.54, 1.807) is 26.8 Å². The summed E-state index contributed by atoms with van der Waals surface area (Å²) < 4.78 is 18.8. The number of aliphatic hydroxyl groups excluding tert-OH is 1. The Morgan fingerprint density at radius 1 is 1.20 bits per heavy atom. The molecule has 0 bridgehead atoms. The van der Waals surface area contributed by atoms with Gasteiger partial charge in [-0.15, -0.1) is 0 Å². The first-order valence-electron chi connectivity index (χ1n) is 7.88. The van der Waals surface area contributed by atoms with Crippen LogP contribution in [0.15, 0.2) is 28.7 Å². The van der Waals surface area contributed by atoms with Crippen LogP contribution >= 0.6 is 0 Å². The molecule has 25 heavy (non-hydrogen) atoms. The van der Waals surface area contributed by atoms with Crippen molar-refractivity contribution in [1.82, 2.24) is 5.32 Å². The minimum absolute atomic E-state index is 0.110. The van der Waals surface area contributed by atoms with Gasteiger partial charge in [-0.3, -0.25) is 9.59 Å². The zero-order valence-corrected chi connectivity index (χ0v) is 14.4. The highest BCUT2D eigenvalue weighted by Gasteiger charge is 2.17. The fraction of sp³-hybridized carbons (Fsp3) is 0.333. The molecule has 1 aromatic carbocycles. The number of hydrogen-bond acceptors (Lipinski definition) is 4. The highest BCUT2D eigenvalue weighted by Crippen LogP contribution is 2.23. The first-order valence-corrected chi connectivity index (χ1v) is 7.88. The SMILES string of the molecule is Cc1cc(C(O)CCNC(=O)C(=O)Nc2ccc(C)c(F)c2)c(C)o1. The van der Waals surface area contributed by atoms with Crippen molar-refractivity contribution in [2.24, 2.45) is 0 Å². The second-order valence-corrected chi connectivity index (χ2v) is 5.85. The van der Waals surface area contributed by atoms with Crippen LogP contribution in [0.4, 0.5) is 10.1 Å². The normalized spacial score (nSPS) is 11.9. The first kappa shape index (κ1) is 18.7. The van der Waals surface area contributed by atoms with Gasteiger partial charge in [-0.1, -0.05) is 6.07 Å². The van der Waals surface area contributed by atoms with Gasteiger partial charge in [0.05, 0.1) is 6.10 Å². The predicted octanol–water partition coefficient (Wildman–Crippen LogP) is 2.52. The Morgan fingerprint density at radius 3 is 2.52 bits per heavy atom. The summed E-state index contributed by atoms with van der Waals surface area (Å²) in [6.45, 7) is 5.24. The van der Waals surface area contributed by atoms with Crippen molar-refractivity contribution in [2.45, 2.75) is 33.3 Å². The van der Waals surface area contributed by atoms with Crippen molar-refractivity contribution in [2.75, 3.05) is 11.9 Å². The van der Waals surface area contributed by atoms with E-state index >= 15 is 0 Å². The zero-order valence-electron chi connectivity index (χ0n) is 14.4. The number of benzene rings is 1. The number of carbonyl (C=O) groups excluding carboxylic acids is 2. The highest BCUT2D eigenvalue weighted by atomic mass is 19.1. The lowest BCUT2D eigenvalue weighted by atomic mass is 10.1. The maximum absolute atomic E-state index is 13.4. The van der Waals surface area contributed by atoms with Gasteiger partial charge in [0, 0.05) is 17.8 Å². The number of furan rings is 1. The number of amides is 2. The molecule has 1 atom stereocenters. The summed E-state index contributed by atoms with van der Waals surface area (Å²) in [7, 11) is 0. The molecule has 2 rings (SSSR count). The largest absolute Gasteiger partial charge is 0.466 e. The van der Waals surface area contributed by atoms with E-state index in [0.29, 0.717) is 22.6 Å². The fourth-order valence-electron chi connectivity index (χ4n) is 2.40. The summed E-state index contributed by atoms with van der Waals surface area (Å²) in [5, 5.41) is 14.8. The molecule has 2 amide bonds. The average Bonchev–Trinajstić information content (AvgIpc) is 2.89. The maximum Gasteiger partial charge on any atom is 0.313 e. The van der Waals surface area contributed by atoms with E-state index in [2.05, 4.69) is 10.6 Å². The van der Waals surface area contributed by atoms with Crippen LogP contribution in [0.25, 0.3) is 0 Å². The number of carbonyl (C=O) groups is 2. The van der Waals surface area contributed by atoms with Crippen molar-refractivity contribution in [1.29, 1.82) is 0 Å². The number of aryl methyl sites for hydroxylation is 3. The summed E-state index contributed by atoms with van der Waals surface area (Å²) in [6.07, 6.45) is -0.565. The third-order valence-corrected chi connectivity index (χ3v) is 3.78. The molecule has 2 aromatic rings. The number of nitrogens with one attached hydrogen (secondary N) is 2. The van der Waals surface area contributed by atoms with Gasteiger partial charge in [0.15, 0.2) is 0 Å². The summed E-state index contributed by atoms with van der Waals surface area (Å²) in [5.74, 6) is -0.899. The van der Waals surface area contributed by atoms with Gasteiger partial charge in [-0.05, 0) is 51.0 Å². The van der Waals surface area contributed by atoms with Gasteiger partial charge in [-0.2, -0.15) is 0 Å². The van der Waals surface area contributed by atoms with Gasteiger partial charge >= 0.3 is 11.8 Å². The third kappa shape index (κ3) is 4.90. The average molecular weight is 348 g/mol. The predicted molar refractivity (Wildman–Crippen MR) is 90.5 cm³/mol. The minimum atomic E-state index is -0.895. The lowest BCUT2D eigenvalue weighted by Gasteiger charge is -2.11. The Labute approximate surface area is 145 Å². The van der Waals surface area contributed by atoms with Crippen LogP contribution in [0, 0.1) is 26.6 Å². The van der Waals surface area contributed by atoms with E-state index in [9.17, 15) is 19.1 Å². The van der Waals surface area contributed by atoms with E-state index < -0.39 is 23.7 Å². The molecule has 1 aromatic heterocycles. The standard InChI is InChI=1S/C18H21FN2O4/c1-10-4-5-13(9-15(10)19)21-18(24)17(23)20-7-6-16(22)14-8-11(2)25-12(14)3/h4-5,8-9,16,22H,6-7H2,1-3H3,(H,20,23)(H,21,24). The Balaban J connectivity index is 1.82. The van der Waals surface area contributed by atoms with Gasteiger partial charge in [0.2, 0.25) is 0 Å². The molecule has 6 nitrogen and oxygen atoms in total. The molecule has 3 N–H and O–H groups in total. The van der Waals surface area contributed by atoms with Crippen molar-refractivity contribution in [3.05, 3.63) is 52.7 Å². The molecular weight excluding hydrogens is 327 g/mol. The molecule has 0 spiro atoms. The topological polar surface area (TPSA) is 91.6 Å². The Bertz CT molecular complexity index is 785. The molecule has 0 aliphatic carbocycles. The van der Waals surface area contributed by atoms with Crippen LogP contribution in [-0.2, 0) is 9.59 Å². The van der Waals surface area contributed by atoms with Crippen LogP contribution < -0.4 is 10.6 Å². The molecule has 0 saturated carbocycles. The zero-order chi connectivity index (χ0) is 18.6. The number of halogens is 1. The van der Waals surface area contributed by atoms with Crippen LogP contribution in [0.3, 0.4) is 0 Å². The Morgan fingerprint density at radius 2 is 1.92 bits per heavy atom. The van der Waals surface area contributed by atoms with Crippen molar-refractivity contribution < 1.29 is 23.5 Å². The Kier molecular flexibility index (Phi) is 5.93. The molecule has 1 unspecified atom stereocenters. The van der Waals surface area contributed by atoms with E-state index in [0.717, 1.165) is 6.07 Å². The number of hydrogen-bond donors (Lipinski definition) is 3. The van der Waals surface area contributed by atoms with Crippen molar-refractivity contribution in [3.63, 3.8) is 0 Å². The van der Waals surface area contributed by atoms with Crippen molar-refractivity contribution in [3.8, 4) is 0 Å². The first-order chi connectivity index (χ1) is 11.8. The number of rotatable bonds is 5. The smallest absolute Gasteiger partial charge is 0.313 e. The lowest BCUT2D eigenvalue weighted by molar-refractivity contribution is -0.136. The van der Waals surface area contributed by atoms with E-state index in [1.165, 1.54) is 12.1 Å². The van der Waals surface area contributed by atoms with Gasteiger partial charge in [0.25, 0.3) is 0 Å². The van der Waals surface area contributed by atoms with Gasteiger partial charge in [-0.25, -0.2) is 4.39 Å². The van der Waals surface area contributed by atoms with Gasteiger partial charge in [0.1, 0.15) is 17.3 Å². The van der Waals surface area contributed by atoms with Crippen molar-refractivity contribution >= 4 is 17.5 Å². The third-order valence-electron chi connectivity index (χ3n) is 3.78. The van der Waals surface area contributed by atoms with Crippen LogP contribution in [-0.4, -0.2) is 23.5 Å². The van der Waals surface area contributed by atoms with Crippen LogP contribution in [0.1, 0.15) is 35.2 Å². The Hall–Kier alpha value is -2.67. The minimum Gasteiger partial charge on any atom is -0.466 e. The molecule has 0 aliphatic rings. The highest BCUT2D eigenvalue weighted by molar-refractivity contribution is 6.39. The summed E-state index contributed by atoms with van der Waals surface area (Å²) in [5.41, 5.74) is 1.31. The lowest BCUT2D eigenvalue weighted by Crippen LogP contribution is -2.36. The summed E-state index contributed by atoms with van der Waals surface area (Å²) in [4.78, 5) is 23.6. The second-order valence-electron chi connectivity index (χ2n) is 5.85. The van der Waals surface area contributed by atoms with Crippen LogP contribution in [0.5, 0.6) is 0 Å². The number of aliphatic hydroxyl groups is 1. The molecule has 1 heterocycles. The van der Waals surface area contributed by atoms with E-state index in [4.69, 9.17) is 4.42 Å². The molecule has 0 fully saturated rings. The second kappa shape index (κ2) is 7.94. The fourth-order valence-corrected chi connectivity index (χ4v) is 2.40.